The topological polar surface area (TPSA) is 91.3 Å². The minimum Gasteiger partial charge on any atom is -0.383 e. The molecule has 0 aliphatic carbocycles. The summed E-state index contributed by atoms with van der Waals surface area (Å²) < 4.78 is 7.41. The van der Waals surface area contributed by atoms with Gasteiger partial charge in [0, 0.05) is 27.2 Å². The van der Waals surface area contributed by atoms with Crippen LogP contribution in [0.4, 0.5) is 11.5 Å². The molecule has 19 heavy (non-hydrogen) atoms. The Labute approximate surface area is 112 Å². The van der Waals surface area contributed by atoms with Gasteiger partial charge in [-0.25, -0.2) is 4.79 Å². The van der Waals surface area contributed by atoms with Crippen LogP contribution in [0.3, 0.4) is 0 Å². The van der Waals surface area contributed by atoms with Crippen molar-refractivity contribution >= 4 is 11.5 Å². The predicted molar refractivity (Wildman–Crippen MR) is 75.6 cm³/mol. The SMILES string of the molecule is CCCCn1c(N)c(NCCOC)c(=O)n(C)c1=O. The molecule has 1 aromatic rings. The van der Waals surface area contributed by atoms with E-state index in [1.807, 2.05) is 6.92 Å². The molecule has 0 aliphatic heterocycles. The Morgan fingerprint density at radius 1 is 1.37 bits per heavy atom. The van der Waals surface area contributed by atoms with Crippen LogP contribution in [0.15, 0.2) is 9.59 Å². The lowest BCUT2D eigenvalue weighted by Gasteiger charge is -2.15. The number of nitrogens with one attached hydrogen (secondary N) is 1. The van der Waals surface area contributed by atoms with Crippen molar-refractivity contribution in [3.05, 3.63) is 20.8 Å². The molecule has 3 N–H and O–H groups in total. The Morgan fingerprint density at radius 2 is 2.05 bits per heavy atom. The van der Waals surface area contributed by atoms with Gasteiger partial charge in [-0.1, -0.05) is 13.3 Å². The fourth-order valence-electron chi connectivity index (χ4n) is 1.76. The first-order chi connectivity index (χ1) is 9.04. The van der Waals surface area contributed by atoms with Crippen molar-refractivity contribution in [1.82, 2.24) is 9.13 Å². The molecule has 0 fully saturated rings. The highest BCUT2D eigenvalue weighted by atomic mass is 16.5. The van der Waals surface area contributed by atoms with E-state index in [-0.39, 0.29) is 17.2 Å². The molecule has 0 radical (unpaired) electrons. The Bertz CT molecular complexity index is 533. The van der Waals surface area contributed by atoms with E-state index in [0.717, 1.165) is 17.4 Å². The fourth-order valence-corrected chi connectivity index (χ4v) is 1.76. The van der Waals surface area contributed by atoms with Crippen LogP contribution in [0, 0.1) is 0 Å². The average molecular weight is 270 g/mol. The first-order valence-electron chi connectivity index (χ1n) is 6.36. The van der Waals surface area contributed by atoms with Gasteiger partial charge in [0.25, 0.3) is 5.56 Å². The summed E-state index contributed by atoms with van der Waals surface area (Å²) in [5.41, 5.74) is 5.39. The first-order valence-corrected chi connectivity index (χ1v) is 6.36. The number of rotatable bonds is 7. The van der Waals surface area contributed by atoms with Gasteiger partial charge in [0.15, 0.2) is 0 Å². The van der Waals surface area contributed by atoms with Crippen LogP contribution >= 0.6 is 0 Å². The monoisotopic (exact) mass is 270 g/mol. The predicted octanol–water partition coefficient (Wildman–Crippen LogP) is -0.0124. The Kier molecular flexibility index (Phi) is 5.62. The third kappa shape index (κ3) is 3.37. The van der Waals surface area contributed by atoms with Crippen LogP contribution in [0.2, 0.25) is 0 Å². The van der Waals surface area contributed by atoms with Gasteiger partial charge >= 0.3 is 5.69 Å². The van der Waals surface area contributed by atoms with E-state index in [2.05, 4.69) is 5.32 Å². The summed E-state index contributed by atoms with van der Waals surface area (Å²) in [6.07, 6.45) is 1.78. The number of anilines is 2. The van der Waals surface area contributed by atoms with Crippen molar-refractivity contribution < 1.29 is 4.74 Å². The summed E-state index contributed by atoms with van der Waals surface area (Å²) in [4.78, 5) is 24.0. The van der Waals surface area contributed by atoms with E-state index < -0.39 is 5.56 Å². The fraction of sp³-hybridized carbons (Fsp3) is 0.667. The molecule has 0 bridgehead atoms. The van der Waals surface area contributed by atoms with Crippen molar-refractivity contribution in [1.29, 1.82) is 0 Å². The summed E-state index contributed by atoms with van der Waals surface area (Å²) in [7, 11) is 3.03. The van der Waals surface area contributed by atoms with E-state index in [0.29, 0.717) is 19.7 Å². The number of nitrogen functional groups attached to an aromatic ring is 1. The minimum atomic E-state index is -0.411. The van der Waals surface area contributed by atoms with Crippen molar-refractivity contribution in [3.63, 3.8) is 0 Å². The molecule has 7 nitrogen and oxygen atoms in total. The zero-order chi connectivity index (χ0) is 14.4. The molecular formula is C12H22N4O3. The van der Waals surface area contributed by atoms with Gasteiger partial charge in [-0.3, -0.25) is 13.9 Å². The molecule has 7 heteroatoms. The smallest absolute Gasteiger partial charge is 0.332 e. The molecule has 0 aromatic carbocycles. The Hall–Kier alpha value is -1.76. The van der Waals surface area contributed by atoms with Crippen LogP contribution in [-0.2, 0) is 18.3 Å². The standard InChI is InChI=1S/C12H22N4O3/c1-4-5-7-16-10(13)9(14-6-8-19-3)11(17)15(2)12(16)18/h14H,4-8,13H2,1-3H3. The maximum atomic E-state index is 12.0. The Morgan fingerprint density at radius 3 is 2.63 bits per heavy atom. The average Bonchev–Trinajstić information content (AvgIpc) is 2.40. The maximum Gasteiger partial charge on any atom is 0.332 e. The molecule has 1 heterocycles. The largest absolute Gasteiger partial charge is 0.383 e. The van der Waals surface area contributed by atoms with E-state index in [4.69, 9.17) is 10.5 Å². The van der Waals surface area contributed by atoms with Crippen molar-refractivity contribution in [3.8, 4) is 0 Å². The normalized spacial score (nSPS) is 10.7. The van der Waals surface area contributed by atoms with Crippen LogP contribution in [-0.4, -0.2) is 29.4 Å². The van der Waals surface area contributed by atoms with E-state index in [1.165, 1.54) is 11.6 Å². The van der Waals surface area contributed by atoms with Crippen molar-refractivity contribution in [2.45, 2.75) is 26.3 Å². The van der Waals surface area contributed by atoms with Gasteiger partial charge in [0.05, 0.1) is 6.61 Å². The number of nitrogens with zero attached hydrogens (tertiary/aromatic N) is 2. The minimum absolute atomic E-state index is 0.192. The second-order valence-electron chi connectivity index (χ2n) is 4.33. The van der Waals surface area contributed by atoms with Gasteiger partial charge in [0.2, 0.25) is 0 Å². The van der Waals surface area contributed by atoms with Gasteiger partial charge in [-0.15, -0.1) is 0 Å². The van der Waals surface area contributed by atoms with Crippen LogP contribution in [0.1, 0.15) is 19.8 Å². The van der Waals surface area contributed by atoms with Crippen LogP contribution < -0.4 is 22.3 Å². The highest BCUT2D eigenvalue weighted by molar-refractivity contribution is 5.60. The lowest BCUT2D eigenvalue weighted by molar-refractivity contribution is 0.210. The summed E-state index contributed by atoms with van der Waals surface area (Å²) in [5.74, 6) is 0.192. The van der Waals surface area contributed by atoms with Gasteiger partial charge in [0.1, 0.15) is 11.5 Å². The second-order valence-corrected chi connectivity index (χ2v) is 4.33. The second kappa shape index (κ2) is 6.98. The molecule has 0 saturated carbocycles. The maximum absolute atomic E-state index is 12.0. The molecule has 1 aromatic heterocycles. The number of unbranched alkanes of at least 4 members (excludes halogenated alkanes) is 1. The molecule has 0 atom stereocenters. The van der Waals surface area contributed by atoms with Crippen molar-refractivity contribution in [2.75, 3.05) is 31.3 Å². The van der Waals surface area contributed by atoms with E-state index >= 15 is 0 Å². The highest BCUT2D eigenvalue weighted by Crippen LogP contribution is 2.11. The molecule has 0 unspecified atom stereocenters. The third-order valence-electron chi connectivity index (χ3n) is 2.93. The van der Waals surface area contributed by atoms with Gasteiger partial charge < -0.3 is 15.8 Å². The molecule has 0 saturated heterocycles. The van der Waals surface area contributed by atoms with Crippen LogP contribution in [0.5, 0.6) is 0 Å². The van der Waals surface area contributed by atoms with Gasteiger partial charge in [-0.2, -0.15) is 0 Å². The lowest BCUT2D eigenvalue weighted by atomic mass is 10.3. The number of hydrogen-bond donors (Lipinski definition) is 2. The summed E-state index contributed by atoms with van der Waals surface area (Å²) >= 11 is 0. The molecule has 1 rings (SSSR count). The summed E-state index contributed by atoms with van der Waals surface area (Å²) in [6.45, 7) is 3.45. The van der Waals surface area contributed by atoms with Crippen molar-refractivity contribution in [2.24, 2.45) is 7.05 Å². The number of methoxy groups -OCH3 is 1. The number of hydrogen-bond acceptors (Lipinski definition) is 5. The number of ether oxygens (including phenoxy) is 1. The summed E-state index contributed by atoms with van der Waals surface area (Å²) in [6, 6.07) is 0. The third-order valence-corrected chi connectivity index (χ3v) is 2.93. The summed E-state index contributed by atoms with van der Waals surface area (Å²) in [5, 5.41) is 2.92. The van der Waals surface area contributed by atoms with E-state index in [9.17, 15) is 9.59 Å². The molecule has 108 valence electrons. The Balaban J connectivity index is 3.19. The molecule has 0 spiro atoms. The molecule has 0 amide bonds. The van der Waals surface area contributed by atoms with Gasteiger partial charge in [-0.05, 0) is 6.42 Å². The zero-order valence-electron chi connectivity index (χ0n) is 11.7. The zero-order valence-corrected chi connectivity index (χ0v) is 11.7. The van der Waals surface area contributed by atoms with E-state index in [1.54, 1.807) is 7.11 Å². The van der Waals surface area contributed by atoms with Crippen LogP contribution in [0.25, 0.3) is 0 Å². The highest BCUT2D eigenvalue weighted by Gasteiger charge is 2.14. The molecular weight excluding hydrogens is 248 g/mol. The quantitative estimate of drug-likeness (QED) is 0.680. The number of nitrogens with two attached hydrogens (primary N) is 1. The number of aromatic nitrogens is 2. The lowest BCUT2D eigenvalue weighted by Crippen LogP contribution is -2.41. The molecule has 0 aliphatic rings. The first kappa shape index (κ1) is 15.3.